The van der Waals surface area contributed by atoms with Gasteiger partial charge in [-0.2, -0.15) is 4.31 Å². The van der Waals surface area contributed by atoms with Gasteiger partial charge in [-0.1, -0.05) is 0 Å². The molecule has 5 nitrogen and oxygen atoms in total. The summed E-state index contributed by atoms with van der Waals surface area (Å²) >= 11 is 1.24. The molecule has 98 valence electrons. The second-order valence-electron chi connectivity index (χ2n) is 3.39. The highest BCUT2D eigenvalue weighted by Crippen LogP contribution is 2.24. The summed E-state index contributed by atoms with van der Waals surface area (Å²) in [6.07, 6.45) is 0. The zero-order valence-electron chi connectivity index (χ0n) is 9.92. The van der Waals surface area contributed by atoms with Crippen LogP contribution < -0.4 is 0 Å². The number of hydrogen-bond donors (Lipinski definition) is 1. The van der Waals surface area contributed by atoms with Crippen LogP contribution in [0.25, 0.3) is 0 Å². The Morgan fingerprint density at radius 1 is 1.53 bits per heavy atom. The minimum atomic E-state index is -3.52. The maximum Gasteiger partial charge on any atom is 0.244 e. The van der Waals surface area contributed by atoms with E-state index in [2.05, 4.69) is 0 Å². The van der Waals surface area contributed by atoms with Crippen molar-refractivity contribution in [1.29, 1.82) is 0 Å². The van der Waals surface area contributed by atoms with Gasteiger partial charge in [0.1, 0.15) is 0 Å². The molecule has 0 aromatic carbocycles. The van der Waals surface area contributed by atoms with Crippen LogP contribution in [0.3, 0.4) is 0 Å². The monoisotopic (exact) mass is 279 g/mol. The molecule has 1 heterocycles. The molecule has 0 fully saturated rings. The van der Waals surface area contributed by atoms with Crippen molar-refractivity contribution in [3.63, 3.8) is 0 Å². The molecule has 0 unspecified atom stereocenters. The van der Waals surface area contributed by atoms with Crippen molar-refractivity contribution >= 4 is 21.4 Å². The molecule has 1 aromatic rings. The van der Waals surface area contributed by atoms with Crippen molar-refractivity contribution in [2.75, 3.05) is 26.8 Å². The van der Waals surface area contributed by atoms with Gasteiger partial charge in [-0.05, 0) is 18.4 Å². The lowest BCUT2D eigenvalue weighted by Gasteiger charge is -2.16. The van der Waals surface area contributed by atoms with Crippen molar-refractivity contribution in [2.45, 2.75) is 18.4 Å². The van der Waals surface area contributed by atoms with E-state index in [9.17, 15) is 8.42 Å². The third kappa shape index (κ3) is 3.49. The van der Waals surface area contributed by atoms with Gasteiger partial charge in [-0.3, -0.25) is 0 Å². The van der Waals surface area contributed by atoms with E-state index < -0.39 is 10.0 Å². The molecule has 1 N–H and O–H groups in total. The average molecular weight is 279 g/mol. The SMILES string of the molecule is CCOCCN(C)S(=O)(=O)c1ccsc1CO. The smallest absolute Gasteiger partial charge is 0.244 e. The lowest BCUT2D eigenvalue weighted by molar-refractivity contribution is 0.138. The Kier molecular flexibility index (Phi) is 5.54. The summed E-state index contributed by atoms with van der Waals surface area (Å²) in [6.45, 7) is 2.83. The van der Waals surface area contributed by atoms with Crippen LogP contribution >= 0.6 is 11.3 Å². The molecule has 0 spiro atoms. The van der Waals surface area contributed by atoms with E-state index in [1.807, 2.05) is 6.92 Å². The fourth-order valence-corrected chi connectivity index (χ4v) is 3.72. The van der Waals surface area contributed by atoms with Crippen molar-refractivity contribution in [1.82, 2.24) is 4.31 Å². The molecule has 0 amide bonds. The fourth-order valence-electron chi connectivity index (χ4n) is 1.30. The first-order valence-corrected chi connectivity index (χ1v) is 7.57. The predicted molar refractivity (Wildman–Crippen MR) is 66.6 cm³/mol. The van der Waals surface area contributed by atoms with E-state index >= 15 is 0 Å². The van der Waals surface area contributed by atoms with Crippen LogP contribution in [0.1, 0.15) is 11.8 Å². The topological polar surface area (TPSA) is 66.8 Å². The van der Waals surface area contributed by atoms with Crippen LogP contribution in [-0.4, -0.2) is 44.6 Å². The van der Waals surface area contributed by atoms with E-state index in [-0.39, 0.29) is 11.5 Å². The van der Waals surface area contributed by atoms with E-state index in [1.165, 1.54) is 28.8 Å². The zero-order valence-corrected chi connectivity index (χ0v) is 11.6. The number of nitrogens with zero attached hydrogens (tertiary/aromatic N) is 1. The van der Waals surface area contributed by atoms with Gasteiger partial charge in [0, 0.05) is 25.1 Å². The van der Waals surface area contributed by atoms with Gasteiger partial charge in [0.15, 0.2) is 0 Å². The molecule has 0 saturated heterocycles. The number of aliphatic hydroxyl groups is 1. The van der Waals surface area contributed by atoms with Gasteiger partial charge in [0.2, 0.25) is 10.0 Å². The molecule has 0 aliphatic rings. The molecule has 0 aliphatic carbocycles. The normalized spacial score (nSPS) is 12.2. The summed E-state index contributed by atoms with van der Waals surface area (Å²) in [5, 5.41) is 10.7. The Bertz CT molecular complexity index is 441. The third-order valence-corrected chi connectivity index (χ3v) is 5.27. The van der Waals surface area contributed by atoms with Crippen LogP contribution in [0, 0.1) is 0 Å². The molecule has 0 radical (unpaired) electrons. The second-order valence-corrected chi connectivity index (χ2v) is 6.40. The maximum absolute atomic E-state index is 12.1. The van der Waals surface area contributed by atoms with E-state index in [0.29, 0.717) is 24.6 Å². The molecular weight excluding hydrogens is 262 g/mol. The number of aliphatic hydroxyl groups excluding tert-OH is 1. The van der Waals surface area contributed by atoms with Crippen LogP contribution in [0.15, 0.2) is 16.3 Å². The van der Waals surface area contributed by atoms with E-state index in [0.717, 1.165) is 0 Å². The lowest BCUT2D eigenvalue weighted by Crippen LogP contribution is -2.30. The predicted octanol–water partition coefficient (Wildman–Crippen LogP) is 0.897. The summed E-state index contributed by atoms with van der Waals surface area (Å²) in [4.78, 5) is 0.650. The van der Waals surface area contributed by atoms with E-state index in [1.54, 1.807) is 5.38 Å². The first kappa shape index (κ1) is 14.6. The highest BCUT2D eigenvalue weighted by atomic mass is 32.2. The van der Waals surface area contributed by atoms with Crippen molar-refractivity contribution in [3.8, 4) is 0 Å². The van der Waals surface area contributed by atoms with Crippen molar-refractivity contribution < 1.29 is 18.3 Å². The Labute approximate surface area is 106 Å². The molecule has 0 aliphatic heterocycles. The molecule has 17 heavy (non-hydrogen) atoms. The lowest BCUT2D eigenvalue weighted by atomic mass is 10.5. The zero-order chi connectivity index (χ0) is 12.9. The molecule has 1 rings (SSSR count). The van der Waals surface area contributed by atoms with Gasteiger partial charge in [0.05, 0.1) is 18.1 Å². The van der Waals surface area contributed by atoms with Crippen molar-refractivity contribution in [2.24, 2.45) is 0 Å². The average Bonchev–Trinajstić information content (AvgIpc) is 2.77. The molecule has 0 bridgehead atoms. The highest BCUT2D eigenvalue weighted by molar-refractivity contribution is 7.89. The molecule has 1 aromatic heterocycles. The molecular formula is C10H17NO4S2. The third-order valence-electron chi connectivity index (χ3n) is 2.29. The Morgan fingerprint density at radius 2 is 2.24 bits per heavy atom. The largest absolute Gasteiger partial charge is 0.391 e. The molecule has 7 heteroatoms. The highest BCUT2D eigenvalue weighted by Gasteiger charge is 2.24. The molecule has 0 saturated carbocycles. The summed E-state index contributed by atoms with van der Waals surface area (Å²) in [5.41, 5.74) is 0. The fraction of sp³-hybridized carbons (Fsp3) is 0.600. The summed E-state index contributed by atoms with van der Waals surface area (Å²) in [5.74, 6) is 0. The minimum Gasteiger partial charge on any atom is -0.391 e. The number of thiophene rings is 1. The molecule has 0 atom stereocenters. The van der Waals surface area contributed by atoms with Gasteiger partial charge in [0.25, 0.3) is 0 Å². The standard InChI is InChI=1S/C10H17NO4S2/c1-3-15-6-5-11(2)17(13,14)10-4-7-16-9(10)8-12/h4,7,12H,3,5-6,8H2,1-2H3. The number of hydrogen-bond acceptors (Lipinski definition) is 5. The first-order chi connectivity index (χ1) is 8.04. The van der Waals surface area contributed by atoms with Crippen LogP contribution in [0.4, 0.5) is 0 Å². The number of sulfonamides is 1. The Morgan fingerprint density at radius 3 is 2.82 bits per heavy atom. The minimum absolute atomic E-state index is 0.184. The van der Waals surface area contributed by atoms with Crippen LogP contribution in [0.2, 0.25) is 0 Å². The Balaban J connectivity index is 2.80. The van der Waals surface area contributed by atoms with Crippen LogP contribution in [-0.2, 0) is 21.4 Å². The summed E-state index contributed by atoms with van der Waals surface area (Å²) in [7, 11) is -2.01. The van der Waals surface area contributed by atoms with Gasteiger partial charge in [-0.15, -0.1) is 11.3 Å². The quantitative estimate of drug-likeness (QED) is 0.753. The van der Waals surface area contributed by atoms with Gasteiger partial charge in [-0.25, -0.2) is 8.42 Å². The first-order valence-electron chi connectivity index (χ1n) is 5.25. The second kappa shape index (κ2) is 6.46. The van der Waals surface area contributed by atoms with Gasteiger partial charge >= 0.3 is 0 Å². The van der Waals surface area contributed by atoms with Gasteiger partial charge < -0.3 is 9.84 Å². The number of rotatable bonds is 7. The summed E-state index contributed by atoms with van der Waals surface area (Å²) < 4.78 is 30.6. The Hall–Kier alpha value is -0.470. The van der Waals surface area contributed by atoms with Crippen LogP contribution in [0.5, 0.6) is 0 Å². The maximum atomic E-state index is 12.1. The van der Waals surface area contributed by atoms with Crippen molar-refractivity contribution in [3.05, 3.63) is 16.3 Å². The number of likely N-dealkylation sites (N-methyl/N-ethyl adjacent to an activating group) is 1. The number of ether oxygens (including phenoxy) is 1. The van der Waals surface area contributed by atoms with E-state index in [4.69, 9.17) is 9.84 Å². The summed E-state index contributed by atoms with van der Waals surface area (Å²) in [6, 6.07) is 1.52.